The SMILES string of the molecule is COc1ccccc1-c1n[nH]cc1-c1cc(OC)c(OC)c(OC)c1. The van der Waals surface area contributed by atoms with Gasteiger partial charge in [-0.15, -0.1) is 0 Å². The third-order valence-electron chi connectivity index (χ3n) is 3.98. The van der Waals surface area contributed by atoms with E-state index in [4.69, 9.17) is 18.9 Å². The summed E-state index contributed by atoms with van der Waals surface area (Å²) in [4.78, 5) is 0. The molecule has 130 valence electrons. The van der Waals surface area contributed by atoms with E-state index in [1.807, 2.05) is 42.6 Å². The molecule has 2 aromatic carbocycles. The van der Waals surface area contributed by atoms with Crippen LogP contribution in [0.4, 0.5) is 0 Å². The van der Waals surface area contributed by atoms with E-state index < -0.39 is 0 Å². The monoisotopic (exact) mass is 340 g/mol. The van der Waals surface area contributed by atoms with E-state index >= 15 is 0 Å². The molecule has 6 nitrogen and oxygen atoms in total. The van der Waals surface area contributed by atoms with Gasteiger partial charge in [0.15, 0.2) is 11.5 Å². The van der Waals surface area contributed by atoms with Gasteiger partial charge in [0, 0.05) is 17.3 Å². The molecule has 1 aromatic heterocycles. The van der Waals surface area contributed by atoms with Crippen molar-refractivity contribution in [3.63, 3.8) is 0 Å². The minimum absolute atomic E-state index is 0.552. The predicted molar refractivity (Wildman–Crippen MR) is 95.7 cm³/mol. The number of nitrogens with zero attached hydrogens (tertiary/aromatic N) is 1. The van der Waals surface area contributed by atoms with Gasteiger partial charge in [0.05, 0.1) is 28.4 Å². The summed E-state index contributed by atoms with van der Waals surface area (Å²) in [5.74, 6) is 2.48. The van der Waals surface area contributed by atoms with Crippen LogP contribution in [-0.2, 0) is 0 Å². The van der Waals surface area contributed by atoms with Crippen LogP contribution in [-0.4, -0.2) is 38.6 Å². The molecule has 0 spiro atoms. The Balaban J connectivity index is 2.18. The van der Waals surface area contributed by atoms with Crippen LogP contribution in [0, 0.1) is 0 Å². The Kier molecular flexibility index (Phi) is 4.79. The van der Waals surface area contributed by atoms with Crippen molar-refractivity contribution in [2.45, 2.75) is 0 Å². The van der Waals surface area contributed by atoms with Crippen LogP contribution in [0.5, 0.6) is 23.0 Å². The number of nitrogens with one attached hydrogen (secondary N) is 1. The van der Waals surface area contributed by atoms with Gasteiger partial charge in [-0.05, 0) is 29.8 Å². The molecule has 0 aliphatic rings. The molecule has 0 aliphatic heterocycles. The molecule has 0 amide bonds. The molecule has 25 heavy (non-hydrogen) atoms. The Morgan fingerprint density at radius 3 is 2.00 bits per heavy atom. The van der Waals surface area contributed by atoms with Gasteiger partial charge in [-0.2, -0.15) is 5.10 Å². The summed E-state index contributed by atoms with van der Waals surface area (Å²) in [5, 5.41) is 7.34. The number of rotatable bonds is 6. The molecule has 0 radical (unpaired) electrons. The zero-order valence-electron chi connectivity index (χ0n) is 14.6. The molecule has 0 fully saturated rings. The van der Waals surface area contributed by atoms with Crippen LogP contribution >= 0.6 is 0 Å². The Morgan fingerprint density at radius 1 is 0.760 bits per heavy atom. The molecule has 0 saturated heterocycles. The average Bonchev–Trinajstić information content (AvgIpc) is 3.16. The number of H-pyrrole nitrogens is 1. The summed E-state index contributed by atoms with van der Waals surface area (Å²) in [6, 6.07) is 11.5. The molecule has 1 heterocycles. The fourth-order valence-corrected chi connectivity index (χ4v) is 2.79. The maximum Gasteiger partial charge on any atom is 0.203 e. The lowest BCUT2D eigenvalue weighted by Gasteiger charge is -2.14. The highest BCUT2D eigenvalue weighted by atomic mass is 16.5. The highest BCUT2D eigenvalue weighted by molar-refractivity contribution is 5.84. The van der Waals surface area contributed by atoms with Crippen molar-refractivity contribution in [3.05, 3.63) is 42.6 Å². The van der Waals surface area contributed by atoms with Gasteiger partial charge in [-0.25, -0.2) is 0 Å². The highest BCUT2D eigenvalue weighted by Gasteiger charge is 2.19. The second kappa shape index (κ2) is 7.17. The van der Waals surface area contributed by atoms with Crippen molar-refractivity contribution >= 4 is 0 Å². The number of aromatic nitrogens is 2. The lowest BCUT2D eigenvalue weighted by molar-refractivity contribution is 0.324. The lowest BCUT2D eigenvalue weighted by atomic mass is 10.0. The predicted octanol–water partition coefficient (Wildman–Crippen LogP) is 3.78. The molecule has 0 bridgehead atoms. The van der Waals surface area contributed by atoms with E-state index in [1.54, 1.807) is 28.4 Å². The van der Waals surface area contributed by atoms with E-state index in [0.717, 1.165) is 28.1 Å². The number of methoxy groups -OCH3 is 4. The minimum Gasteiger partial charge on any atom is -0.496 e. The van der Waals surface area contributed by atoms with Crippen molar-refractivity contribution in [1.82, 2.24) is 10.2 Å². The zero-order chi connectivity index (χ0) is 17.8. The topological polar surface area (TPSA) is 65.6 Å². The average molecular weight is 340 g/mol. The first kappa shape index (κ1) is 16.7. The summed E-state index contributed by atoms with van der Waals surface area (Å²) in [7, 11) is 6.41. The molecular weight excluding hydrogens is 320 g/mol. The second-order valence-electron chi connectivity index (χ2n) is 5.26. The Hall–Kier alpha value is -3.15. The standard InChI is InChI=1S/C19H20N2O4/c1-22-15-8-6-5-7-13(15)18-14(11-20-21-18)12-9-16(23-2)19(25-4)17(10-12)24-3/h5-11H,1-4H3,(H,20,21). The summed E-state index contributed by atoms with van der Waals surface area (Å²) < 4.78 is 21.7. The van der Waals surface area contributed by atoms with E-state index in [-0.39, 0.29) is 0 Å². The van der Waals surface area contributed by atoms with Crippen LogP contribution in [0.15, 0.2) is 42.6 Å². The van der Waals surface area contributed by atoms with Crippen LogP contribution in [0.25, 0.3) is 22.4 Å². The largest absolute Gasteiger partial charge is 0.496 e. The third-order valence-corrected chi connectivity index (χ3v) is 3.98. The van der Waals surface area contributed by atoms with Crippen molar-refractivity contribution in [3.8, 4) is 45.4 Å². The molecule has 0 aliphatic carbocycles. The maximum atomic E-state index is 5.46. The molecule has 3 aromatic rings. The Labute approximate surface area is 146 Å². The first-order valence-corrected chi connectivity index (χ1v) is 7.71. The van der Waals surface area contributed by atoms with E-state index in [9.17, 15) is 0 Å². The van der Waals surface area contributed by atoms with E-state index in [2.05, 4.69) is 10.2 Å². The molecule has 6 heteroatoms. The molecule has 0 atom stereocenters. The number of para-hydroxylation sites is 1. The van der Waals surface area contributed by atoms with Gasteiger partial charge in [0.1, 0.15) is 11.4 Å². The summed E-state index contributed by atoms with van der Waals surface area (Å²) in [5.41, 5.74) is 3.48. The molecular formula is C19H20N2O4. The first-order valence-electron chi connectivity index (χ1n) is 7.71. The van der Waals surface area contributed by atoms with Crippen molar-refractivity contribution < 1.29 is 18.9 Å². The van der Waals surface area contributed by atoms with Crippen LogP contribution < -0.4 is 18.9 Å². The second-order valence-corrected chi connectivity index (χ2v) is 5.26. The number of hydrogen-bond donors (Lipinski definition) is 1. The summed E-state index contributed by atoms with van der Waals surface area (Å²) in [6.45, 7) is 0. The van der Waals surface area contributed by atoms with Gasteiger partial charge in [-0.1, -0.05) is 12.1 Å². The van der Waals surface area contributed by atoms with Crippen molar-refractivity contribution in [2.24, 2.45) is 0 Å². The molecule has 1 N–H and O–H groups in total. The van der Waals surface area contributed by atoms with Crippen LogP contribution in [0.1, 0.15) is 0 Å². The summed E-state index contributed by atoms with van der Waals surface area (Å²) in [6.07, 6.45) is 1.84. The Bertz CT molecular complexity index is 848. The fraction of sp³-hybridized carbons (Fsp3) is 0.211. The quantitative estimate of drug-likeness (QED) is 0.740. The number of benzene rings is 2. The normalized spacial score (nSPS) is 10.4. The third kappa shape index (κ3) is 2.98. The lowest BCUT2D eigenvalue weighted by Crippen LogP contribution is -1.96. The fourth-order valence-electron chi connectivity index (χ4n) is 2.79. The smallest absolute Gasteiger partial charge is 0.203 e. The van der Waals surface area contributed by atoms with E-state index in [0.29, 0.717) is 17.2 Å². The number of aromatic amines is 1. The van der Waals surface area contributed by atoms with Crippen molar-refractivity contribution in [1.29, 1.82) is 0 Å². The minimum atomic E-state index is 0.552. The van der Waals surface area contributed by atoms with Gasteiger partial charge in [-0.3, -0.25) is 5.10 Å². The Morgan fingerprint density at radius 2 is 1.40 bits per heavy atom. The number of hydrogen-bond acceptors (Lipinski definition) is 5. The molecule has 0 saturated carbocycles. The van der Waals surface area contributed by atoms with Crippen LogP contribution in [0.2, 0.25) is 0 Å². The van der Waals surface area contributed by atoms with Gasteiger partial charge >= 0.3 is 0 Å². The molecule has 3 rings (SSSR count). The van der Waals surface area contributed by atoms with Gasteiger partial charge < -0.3 is 18.9 Å². The number of ether oxygens (including phenoxy) is 4. The van der Waals surface area contributed by atoms with Crippen LogP contribution in [0.3, 0.4) is 0 Å². The zero-order valence-corrected chi connectivity index (χ0v) is 14.6. The van der Waals surface area contributed by atoms with Gasteiger partial charge in [0.25, 0.3) is 0 Å². The summed E-state index contributed by atoms with van der Waals surface area (Å²) >= 11 is 0. The van der Waals surface area contributed by atoms with Gasteiger partial charge in [0.2, 0.25) is 5.75 Å². The first-order chi connectivity index (χ1) is 12.2. The van der Waals surface area contributed by atoms with Crippen molar-refractivity contribution in [2.75, 3.05) is 28.4 Å². The highest BCUT2D eigenvalue weighted by Crippen LogP contribution is 2.43. The molecule has 0 unspecified atom stereocenters. The van der Waals surface area contributed by atoms with E-state index in [1.165, 1.54) is 0 Å². The maximum absolute atomic E-state index is 5.46.